The molecule has 0 saturated carbocycles. The second kappa shape index (κ2) is 9.71. The predicted octanol–water partition coefficient (Wildman–Crippen LogP) is 5.94. The zero-order valence-corrected chi connectivity index (χ0v) is 18.8. The standard InChI is InChI=1S/C22H21BrN2O3S/c1-4-28-18-11-5-15(13-19(18)27-3)6-12-20(26)24-22-25-21(14(2)29-22)16-7-9-17(23)10-8-16/h5-13H,4H2,1-3H3,(H,24,25,26)/b12-6+. The number of hydrogen-bond donors (Lipinski definition) is 1. The van der Waals surface area contributed by atoms with E-state index in [4.69, 9.17) is 9.47 Å². The molecule has 0 saturated heterocycles. The van der Waals surface area contributed by atoms with Crippen LogP contribution in [0.15, 0.2) is 53.0 Å². The van der Waals surface area contributed by atoms with Crippen LogP contribution in [0.25, 0.3) is 17.3 Å². The largest absolute Gasteiger partial charge is 0.493 e. The number of thiazole rings is 1. The maximum Gasteiger partial charge on any atom is 0.250 e. The number of methoxy groups -OCH3 is 1. The normalized spacial score (nSPS) is 10.9. The minimum absolute atomic E-state index is 0.242. The summed E-state index contributed by atoms with van der Waals surface area (Å²) >= 11 is 4.89. The molecule has 0 atom stereocenters. The molecule has 29 heavy (non-hydrogen) atoms. The molecule has 1 amide bonds. The lowest BCUT2D eigenvalue weighted by Crippen LogP contribution is -2.07. The van der Waals surface area contributed by atoms with Gasteiger partial charge in [-0.2, -0.15) is 0 Å². The number of nitrogens with zero attached hydrogens (tertiary/aromatic N) is 1. The molecule has 5 nitrogen and oxygen atoms in total. The molecule has 1 heterocycles. The number of aryl methyl sites for hydroxylation is 1. The lowest BCUT2D eigenvalue weighted by molar-refractivity contribution is -0.111. The highest BCUT2D eigenvalue weighted by atomic mass is 79.9. The summed E-state index contributed by atoms with van der Waals surface area (Å²) < 4.78 is 11.9. The molecule has 0 fully saturated rings. The van der Waals surface area contributed by atoms with Gasteiger partial charge in [0.15, 0.2) is 16.6 Å². The number of halogens is 1. The van der Waals surface area contributed by atoms with Gasteiger partial charge in [0.1, 0.15) is 0 Å². The van der Waals surface area contributed by atoms with Crippen molar-refractivity contribution in [1.82, 2.24) is 4.98 Å². The average molecular weight is 473 g/mol. The molecule has 3 aromatic rings. The minimum atomic E-state index is -0.242. The van der Waals surface area contributed by atoms with Crippen molar-refractivity contribution in [2.24, 2.45) is 0 Å². The molecule has 0 aliphatic carbocycles. The smallest absolute Gasteiger partial charge is 0.250 e. The van der Waals surface area contributed by atoms with E-state index in [0.717, 1.165) is 26.2 Å². The Hall–Kier alpha value is -2.64. The Labute approximate surface area is 182 Å². The summed E-state index contributed by atoms with van der Waals surface area (Å²) in [5.74, 6) is 1.06. The quantitative estimate of drug-likeness (QED) is 0.432. The molecule has 0 aliphatic heterocycles. The number of hydrogen-bond acceptors (Lipinski definition) is 5. The van der Waals surface area contributed by atoms with Crippen molar-refractivity contribution < 1.29 is 14.3 Å². The van der Waals surface area contributed by atoms with E-state index < -0.39 is 0 Å². The summed E-state index contributed by atoms with van der Waals surface area (Å²) in [6.07, 6.45) is 3.20. The van der Waals surface area contributed by atoms with Gasteiger partial charge >= 0.3 is 0 Å². The molecule has 0 spiro atoms. The van der Waals surface area contributed by atoms with E-state index in [1.54, 1.807) is 13.2 Å². The van der Waals surface area contributed by atoms with E-state index >= 15 is 0 Å². The summed E-state index contributed by atoms with van der Waals surface area (Å²) in [4.78, 5) is 17.9. The Morgan fingerprint density at radius 3 is 2.66 bits per heavy atom. The van der Waals surface area contributed by atoms with Crippen LogP contribution in [-0.4, -0.2) is 24.6 Å². The topological polar surface area (TPSA) is 60.5 Å². The van der Waals surface area contributed by atoms with Crippen molar-refractivity contribution in [2.75, 3.05) is 19.0 Å². The van der Waals surface area contributed by atoms with Crippen LogP contribution in [0.3, 0.4) is 0 Å². The van der Waals surface area contributed by atoms with E-state index in [2.05, 4.69) is 26.2 Å². The van der Waals surface area contributed by atoms with E-state index in [-0.39, 0.29) is 5.91 Å². The molecular weight excluding hydrogens is 452 g/mol. The molecule has 2 aromatic carbocycles. The molecular formula is C22H21BrN2O3S. The Bertz CT molecular complexity index is 1030. The predicted molar refractivity (Wildman–Crippen MR) is 122 cm³/mol. The van der Waals surface area contributed by atoms with Gasteiger partial charge in [0.05, 0.1) is 19.4 Å². The van der Waals surface area contributed by atoms with Gasteiger partial charge < -0.3 is 9.47 Å². The zero-order valence-electron chi connectivity index (χ0n) is 16.4. The van der Waals surface area contributed by atoms with Crippen LogP contribution in [0.2, 0.25) is 0 Å². The van der Waals surface area contributed by atoms with Crippen LogP contribution in [0, 0.1) is 6.92 Å². The Morgan fingerprint density at radius 2 is 1.97 bits per heavy atom. The first-order valence-corrected chi connectivity index (χ1v) is 10.6. The molecule has 0 radical (unpaired) electrons. The number of anilines is 1. The van der Waals surface area contributed by atoms with Gasteiger partial charge in [-0.15, -0.1) is 11.3 Å². The van der Waals surface area contributed by atoms with Gasteiger partial charge in [-0.1, -0.05) is 34.1 Å². The van der Waals surface area contributed by atoms with E-state index in [1.165, 1.54) is 17.4 Å². The summed E-state index contributed by atoms with van der Waals surface area (Å²) in [5.41, 5.74) is 2.73. The first kappa shape index (κ1) is 21.1. The van der Waals surface area contributed by atoms with Crippen molar-refractivity contribution in [3.63, 3.8) is 0 Å². The van der Waals surface area contributed by atoms with Gasteiger partial charge in [0, 0.05) is 21.0 Å². The fourth-order valence-electron chi connectivity index (χ4n) is 2.71. The number of aromatic nitrogens is 1. The Balaban J connectivity index is 1.69. The molecule has 7 heteroatoms. The van der Waals surface area contributed by atoms with Crippen molar-refractivity contribution >= 4 is 44.4 Å². The van der Waals surface area contributed by atoms with Crippen LogP contribution in [0.4, 0.5) is 5.13 Å². The molecule has 0 unspecified atom stereocenters. The number of nitrogens with one attached hydrogen (secondary N) is 1. The maximum atomic E-state index is 12.3. The maximum absolute atomic E-state index is 12.3. The number of amides is 1. The van der Waals surface area contributed by atoms with Crippen LogP contribution in [0.1, 0.15) is 17.4 Å². The summed E-state index contributed by atoms with van der Waals surface area (Å²) in [5, 5.41) is 3.40. The monoisotopic (exact) mass is 472 g/mol. The first-order valence-electron chi connectivity index (χ1n) is 9.03. The van der Waals surface area contributed by atoms with Gasteiger partial charge in [0.2, 0.25) is 5.91 Å². The highest BCUT2D eigenvalue weighted by Gasteiger charge is 2.11. The number of rotatable bonds is 7. The van der Waals surface area contributed by atoms with Crippen molar-refractivity contribution in [1.29, 1.82) is 0 Å². The third-order valence-electron chi connectivity index (χ3n) is 4.06. The summed E-state index contributed by atoms with van der Waals surface area (Å²) in [6, 6.07) is 13.5. The van der Waals surface area contributed by atoms with Crippen LogP contribution in [0.5, 0.6) is 11.5 Å². The third-order valence-corrected chi connectivity index (χ3v) is 5.47. The summed E-state index contributed by atoms with van der Waals surface area (Å²) in [6.45, 7) is 4.47. The number of benzene rings is 2. The molecule has 3 rings (SSSR count). The third kappa shape index (κ3) is 5.46. The highest BCUT2D eigenvalue weighted by Crippen LogP contribution is 2.31. The molecule has 0 bridgehead atoms. The van der Waals surface area contributed by atoms with Crippen molar-refractivity contribution in [3.8, 4) is 22.8 Å². The lowest BCUT2D eigenvalue weighted by Gasteiger charge is -2.09. The highest BCUT2D eigenvalue weighted by molar-refractivity contribution is 9.10. The van der Waals surface area contributed by atoms with E-state index in [9.17, 15) is 4.79 Å². The minimum Gasteiger partial charge on any atom is -0.493 e. The molecule has 1 N–H and O–H groups in total. The Morgan fingerprint density at radius 1 is 1.21 bits per heavy atom. The molecule has 150 valence electrons. The molecule has 0 aliphatic rings. The molecule has 1 aromatic heterocycles. The van der Waals surface area contributed by atoms with Gasteiger partial charge in [-0.25, -0.2) is 4.98 Å². The number of carbonyl (C=O) groups excluding carboxylic acids is 1. The fourth-order valence-corrected chi connectivity index (χ4v) is 3.81. The lowest BCUT2D eigenvalue weighted by atomic mass is 10.1. The van der Waals surface area contributed by atoms with Crippen LogP contribution >= 0.6 is 27.3 Å². The second-order valence-corrected chi connectivity index (χ2v) is 8.22. The van der Waals surface area contributed by atoms with Crippen LogP contribution in [-0.2, 0) is 4.79 Å². The SMILES string of the molecule is CCOc1ccc(/C=C/C(=O)Nc2nc(-c3ccc(Br)cc3)c(C)s2)cc1OC. The zero-order chi connectivity index (χ0) is 20.8. The van der Waals surface area contributed by atoms with Gasteiger partial charge in [-0.3, -0.25) is 10.1 Å². The Kier molecular flexibility index (Phi) is 7.06. The second-order valence-electron chi connectivity index (χ2n) is 6.10. The number of carbonyl (C=O) groups is 1. The fraction of sp³-hybridized carbons (Fsp3) is 0.182. The first-order chi connectivity index (χ1) is 14.0. The van der Waals surface area contributed by atoms with Crippen molar-refractivity contribution in [3.05, 3.63) is 63.5 Å². The summed E-state index contributed by atoms with van der Waals surface area (Å²) in [7, 11) is 1.59. The average Bonchev–Trinajstić information content (AvgIpc) is 3.07. The van der Waals surface area contributed by atoms with E-state index in [1.807, 2.05) is 56.3 Å². The van der Waals surface area contributed by atoms with Gasteiger partial charge in [0.25, 0.3) is 0 Å². The van der Waals surface area contributed by atoms with Gasteiger partial charge in [-0.05, 0) is 49.8 Å². The number of ether oxygens (including phenoxy) is 2. The van der Waals surface area contributed by atoms with Crippen LogP contribution < -0.4 is 14.8 Å². The van der Waals surface area contributed by atoms with E-state index in [0.29, 0.717) is 23.2 Å². The van der Waals surface area contributed by atoms with Crippen molar-refractivity contribution in [2.45, 2.75) is 13.8 Å².